The molecule has 0 bridgehead atoms. The van der Waals surface area contributed by atoms with Gasteiger partial charge in [-0.05, 0) is 60.9 Å². The maximum atomic E-state index is 13.2. The summed E-state index contributed by atoms with van der Waals surface area (Å²) in [5, 5.41) is 4.10. The molecule has 0 fully saturated rings. The smallest absolute Gasteiger partial charge is 0.282 e. The van der Waals surface area contributed by atoms with Gasteiger partial charge in [0.1, 0.15) is 18.1 Å². The van der Waals surface area contributed by atoms with Crippen LogP contribution in [0.25, 0.3) is 16.9 Å². The topological polar surface area (TPSA) is 53.1 Å². The van der Waals surface area contributed by atoms with Crippen LogP contribution in [-0.2, 0) is 0 Å². The van der Waals surface area contributed by atoms with Crippen LogP contribution >= 0.6 is 24.2 Å². The molecule has 0 saturated heterocycles. The van der Waals surface area contributed by atoms with Crippen LogP contribution < -0.4 is 10.5 Å². The Morgan fingerprint density at radius 3 is 2.33 bits per heavy atom. The van der Waals surface area contributed by atoms with Gasteiger partial charge in [0.15, 0.2) is 0 Å². The van der Waals surface area contributed by atoms with E-state index in [2.05, 4.69) is 5.10 Å². The van der Waals surface area contributed by atoms with Gasteiger partial charge in [0, 0.05) is 17.0 Å². The molecule has 0 spiro atoms. The van der Waals surface area contributed by atoms with Gasteiger partial charge in [0.2, 0.25) is 0 Å². The number of ether oxygens (including phenoxy) is 1. The Hall–Kier alpha value is -2.09. The lowest BCUT2D eigenvalue weighted by Crippen LogP contribution is -2.10. The highest BCUT2D eigenvalue weighted by Gasteiger charge is 2.17. The normalized spacial score (nSPS) is 10.7. The quantitative estimate of drug-likeness (QED) is 0.558. The molecule has 0 saturated carbocycles. The Bertz CT molecular complexity index is 854. The van der Waals surface area contributed by atoms with Gasteiger partial charge in [-0.3, -0.25) is 0 Å². The number of benzene rings is 2. The van der Waals surface area contributed by atoms with E-state index in [-0.39, 0.29) is 18.1 Å². The van der Waals surface area contributed by atoms with Crippen molar-refractivity contribution in [2.75, 3.05) is 19.4 Å². The Balaban J connectivity index is 0.00000261. The molecule has 3 aromatic rings. The summed E-state index contributed by atoms with van der Waals surface area (Å²) in [4.78, 5) is 1.10. The maximum absolute atomic E-state index is 13.2. The highest BCUT2D eigenvalue weighted by Crippen LogP contribution is 2.30. The highest BCUT2D eigenvalue weighted by atomic mass is 35.5. The molecule has 4 nitrogen and oxygen atoms in total. The first-order chi connectivity index (χ1) is 12.6. The summed E-state index contributed by atoms with van der Waals surface area (Å²) in [5.41, 5.74) is 7.28. The summed E-state index contributed by atoms with van der Waals surface area (Å²) in [6.45, 7) is 0.854. The first kappa shape index (κ1) is 21.2. The van der Waals surface area contributed by atoms with Crippen molar-refractivity contribution >= 4 is 24.2 Å². The van der Waals surface area contributed by atoms with E-state index in [1.165, 1.54) is 6.07 Å². The molecule has 8 heteroatoms. The number of nitrogens with two attached hydrogens (primary N) is 1. The Kier molecular flexibility index (Phi) is 7.65. The Morgan fingerprint density at radius 1 is 1.11 bits per heavy atom. The third-order valence-corrected chi connectivity index (χ3v) is 4.55. The molecule has 0 aliphatic rings. The second-order valence-corrected chi connectivity index (χ2v) is 6.41. The number of thioether (sulfide) groups is 1. The van der Waals surface area contributed by atoms with Crippen molar-refractivity contribution in [2.24, 2.45) is 5.73 Å². The molecule has 144 valence electrons. The van der Waals surface area contributed by atoms with E-state index in [0.29, 0.717) is 24.6 Å². The summed E-state index contributed by atoms with van der Waals surface area (Å²) >= 11 is 1.62. The van der Waals surface area contributed by atoms with Crippen molar-refractivity contribution in [3.8, 4) is 22.7 Å². The summed E-state index contributed by atoms with van der Waals surface area (Å²) in [6, 6.07) is 16.3. The van der Waals surface area contributed by atoms with E-state index in [0.717, 1.165) is 16.1 Å². The van der Waals surface area contributed by atoms with Crippen molar-refractivity contribution in [3.63, 3.8) is 0 Å². The van der Waals surface area contributed by atoms with Gasteiger partial charge in [0.25, 0.3) is 6.43 Å². The van der Waals surface area contributed by atoms with Crippen molar-refractivity contribution in [1.82, 2.24) is 9.78 Å². The fourth-order valence-electron chi connectivity index (χ4n) is 2.53. The van der Waals surface area contributed by atoms with E-state index in [4.69, 9.17) is 10.5 Å². The zero-order valence-corrected chi connectivity index (χ0v) is 16.3. The second-order valence-electron chi connectivity index (χ2n) is 5.53. The fourth-order valence-corrected chi connectivity index (χ4v) is 2.94. The van der Waals surface area contributed by atoms with E-state index in [9.17, 15) is 8.78 Å². The third-order valence-electron chi connectivity index (χ3n) is 3.81. The predicted molar refractivity (Wildman–Crippen MR) is 108 cm³/mol. The SMILES string of the molecule is CSc1ccc(-n2nc(C(F)F)cc2-c2ccc(OCCN)cc2)cc1.Cl. The molecule has 2 N–H and O–H groups in total. The molecule has 0 aliphatic heterocycles. The molecule has 0 atom stereocenters. The number of hydrogen-bond donors (Lipinski definition) is 1. The van der Waals surface area contributed by atoms with Crippen molar-refractivity contribution in [2.45, 2.75) is 11.3 Å². The minimum atomic E-state index is -2.63. The van der Waals surface area contributed by atoms with E-state index in [1.807, 2.05) is 42.7 Å². The lowest BCUT2D eigenvalue weighted by atomic mass is 10.1. The van der Waals surface area contributed by atoms with Crippen LogP contribution in [0.5, 0.6) is 5.75 Å². The lowest BCUT2D eigenvalue weighted by Gasteiger charge is -2.09. The molecule has 0 radical (unpaired) electrons. The first-order valence-electron chi connectivity index (χ1n) is 8.08. The molecule has 1 heterocycles. The van der Waals surface area contributed by atoms with Crippen LogP contribution in [0.4, 0.5) is 8.78 Å². The summed E-state index contributed by atoms with van der Waals surface area (Å²) in [7, 11) is 0. The van der Waals surface area contributed by atoms with Crippen LogP contribution in [0.3, 0.4) is 0 Å². The van der Waals surface area contributed by atoms with Crippen molar-refractivity contribution in [1.29, 1.82) is 0 Å². The molecule has 2 aromatic carbocycles. The molecule has 0 unspecified atom stereocenters. The fraction of sp³-hybridized carbons (Fsp3) is 0.211. The van der Waals surface area contributed by atoms with Gasteiger partial charge < -0.3 is 10.5 Å². The van der Waals surface area contributed by atoms with Crippen molar-refractivity contribution < 1.29 is 13.5 Å². The lowest BCUT2D eigenvalue weighted by molar-refractivity contribution is 0.145. The van der Waals surface area contributed by atoms with E-state index >= 15 is 0 Å². The number of nitrogens with zero attached hydrogens (tertiary/aromatic N) is 2. The molecular weight excluding hydrogens is 392 g/mol. The number of halogens is 3. The van der Waals surface area contributed by atoms with Gasteiger partial charge in [-0.2, -0.15) is 5.10 Å². The molecule has 1 aromatic heterocycles. The van der Waals surface area contributed by atoms with Crippen LogP contribution in [0.15, 0.2) is 59.5 Å². The minimum Gasteiger partial charge on any atom is -0.492 e. The number of rotatable bonds is 7. The summed E-state index contributed by atoms with van der Waals surface area (Å²) < 4.78 is 33.4. The average Bonchev–Trinajstić information content (AvgIpc) is 3.12. The first-order valence-corrected chi connectivity index (χ1v) is 9.30. The summed E-state index contributed by atoms with van der Waals surface area (Å²) in [5.74, 6) is 0.684. The van der Waals surface area contributed by atoms with E-state index in [1.54, 1.807) is 28.6 Å². The second kappa shape index (κ2) is 9.73. The third kappa shape index (κ3) is 5.00. The van der Waals surface area contributed by atoms with Crippen molar-refractivity contribution in [3.05, 3.63) is 60.3 Å². The van der Waals surface area contributed by atoms with Crippen LogP contribution in [0, 0.1) is 0 Å². The zero-order valence-electron chi connectivity index (χ0n) is 14.6. The number of hydrogen-bond acceptors (Lipinski definition) is 4. The minimum absolute atomic E-state index is 0. The van der Waals surface area contributed by atoms with Crippen LogP contribution in [0.1, 0.15) is 12.1 Å². The van der Waals surface area contributed by atoms with Crippen LogP contribution in [0.2, 0.25) is 0 Å². The van der Waals surface area contributed by atoms with Crippen LogP contribution in [-0.4, -0.2) is 29.2 Å². The largest absolute Gasteiger partial charge is 0.492 e. The molecule has 0 amide bonds. The van der Waals surface area contributed by atoms with Gasteiger partial charge >= 0.3 is 0 Å². The Morgan fingerprint density at radius 2 is 1.78 bits per heavy atom. The Labute approximate surface area is 167 Å². The standard InChI is InChI=1S/C19H19F2N3OS.ClH/c1-26-16-8-4-14(5-9-16)24-18(12-17(23-24)19(20)21)13-2-6-15(7-3-13)25-11-10-22;/h2-9,12,19H,10-11,22H2,1H3;1H. The number of aromatic nitrogens is 2. The zero-order chi connectivity index (χ0) is 18.5. The highest BCUT2D eigenvalue weighted by molar-refractivity contribution is 7.98. The average molecular weight is 412 g/mol. The number of alkyl halides is 2. The van der Waals surface area contributed by atoms with Gasteiger partial charge in [-0.15, -0.1) is 24.2 Å². The molecule has 27 heavy (non-hydrogen) atoms. The van der Waals surface area contributed by atoms with E-state index < -0.39 is 6.43 Å². The summed E-state index contributed by atoms with van der Waals surface area (Å²) in [6.07, 6.45) is -0.648. The molecule has 0 aliphatic carbocycles. The molecule has 3 rings (SSSR count). The predicted octanol–water partition coefficient (Wildman–Crippen LogP) is 4.96. The molecular formula is C19H20ClF2N3OS. The van der Waals surface area contributed by atoms with Gasteiger partial charge in [-0.25, -0.2) is 13.5 Å². The maximum Gasteiger partial charge on any atom is 0.282 e. The van der Waals surface area contributed by atoms with Gasteiger partial charge in [-0.1, -0.05) is 0 Å². The monoisotopic (exact) mass is 411 g/mol. The van der Waals surface area contributed by atoms with Gasteiger partial charge in [0.05, 0.1) is 11.4 Å².